The van der Waals surface area contributed by atoms with Crippen molar-refractivity contribution in [2.45, 2.75) is 334 Å². The van der Waals surface area contributed by atoms with E-state index in [0.717, 1.165) is 44.9 Å². The van der Waals surface area contributed by atoms with Crippen LogP contribution in [-0.4, -0.2) is 47.4 Å². The van der Waals surface area contributed by atoms with Crippen LogP contribution in [0.5, 0.6) is 0 Å². The molecule has 2 unspecified atom stereocenters. The molecule has 0 spiro atoms. The van der Waals surface area contributed by atoms with E-state index in [1.54, 1.807) is 0 Å². The van der Waals surface area contributed by atoms with Gasteiger partial charge in [0.15, 0.2) is 0 Å². The number of aliphatic hydroxyl groups excluding tert-OH is 2. The van der Waals surface area contributed by atoms with Crippen molar-refractivity contribution in [2.24, 2.45) is 0 Å². The van der Waals surface area contributed by atoms with E-state index in [1.807, 2.05) is 0 Å². The fourth-order valence-corrected chi connectivity index (χ4v) is 9.16. The summed E-state index contributed by atoms with van der Waals surface area (Å²) in [7, 11) is 0. The molecule has 0 fully saturated rings. The predicted molar refractivity (Wildman–Crippen MR) is 287 cm³/mol. The van der Waals surface area contributed by atoms with Gasteiger partial charge in [0.2, 0.25) is 5.91 Å². The number of amides is 1. The fourth-order valence-electron chi connectivity index (χ4n) is 9.16. The summed E-state index contributed by atoms with van der Waals surface area (Å²) in [5.74, 6) is -0.0319. The van der Waals surface area contributed by atoms with Gasteiger partial charge in [-0.05, 0) is 77.0 Å². The molecule has 0 saturated heterocycles. The number of nitrogens with one attached hydrogen (secondary N) is 1. The van der Waals surface area contributed by atoms with Crippen molar-refractivity contribution in [3.05, 3.63) is 24.3 Å². The fraction of sp³-hybridized carbons (Fsp3) is 0.900. The molecule has 0 saturated carbocycles. The lowest BCUT2D eigenvalue weighted by atomic mass is 10.0. The second kappa shape index (κ2) is 55.9. The van der Waals surface area contributed by atoms with Crippen molar-refractivity contribution in [1.82, 2.24) is 5.32 Å². The molecular formula is C60H115NO5. The number of carbonyl (C=O) groups excluding carboxylic acids is 2. The lowest BCUT2D eigenvalue weighted by Gasteiger charge is -2.22. The number of aliphatic hydroxyl groups is 2. The number of carbonyl (C=O) groups is 2. The molecular weight excluding hydrogens is 815 g/mol. The molecule has 0 heterocycles. The molecule has 66 heavy (non-hydrogen) atoms. The van der Waals surface area contributed by atoms with Crippen molar-refractivity contribution in [3.8, 4) is 0 Å². The summed E-state index contributed by atoms with van der Waals surface area (Å²) in [6, 6.07) is -0.539. The molecule has 6 heteroatoms. The minimum atomic E-state index is -0.662. The third kappa shape index (κ3) is 51.7. The first-order valence-corrected chi connectivity index (χ1v) is 29.6. The van der Waals surface area contributed by atoms with E-state index >= 15 is 0 Å². The molecule has 0 aromatic rings. The van der Waals surface area contributed by atoms with Crippen LogP contribution >= 0.6 is 0 Å². The Kier molecular flexibility index (Phi) is 54.5. The van der Waals surface area contributed by atoms with Gasteiger partial charge < -0.3 is 20.3 Å². The Morgan fingerprint density at radius 1 is 0.409 bits per heavy atom. The first-order chi connectivity index (χ1) is 32.5. The van der Waals surface area contributed by atoms with E-state index in [0.29, 0.717) is 25.9 Å². The van der Waals surface area contributed by atoms with Gasteiger partial charge in [0.1, 0.15) is 0 Å². The third-order valence-electron chi connectivity index (χ3n) is 13.7. The van der Waals surface area contributed by atoms with Gasteiger partial charge in [-0.25, -0.2) is 0 Å². The number of hydrogen-bond donors (Lipinski definition) is 3. The minimum Gasteiger partial charge on any atom is -0.466 e. The Hall–Kier alpha value is -1.66. The number of allylic oxidation sites excluding steroid dienone is 4. The highest BCUT2D eigenvalue weighted by atomic mass is 16.5. The molecule has 6 nitrogen and oxygen atoms in total. The van der Waals surface area contributed by atoms with Gasteiger partial charge in [-0.2, -0.15) is 0 Å². The maximum atomic E-state index is 12.4. The molecule has 390 valence electrons. The van der Waals surface area contributed by atoms with Gasteiger partial charge >= 0.3 is 5.97 Å². The average molecular weight is 931 g/mol. The Morgan fingerprint density at radius 3 is 1.09 bits per heavy atom. The zero-order valence-corrected chi connectivity index (χ0v) is 44.4. The van der Waals surface area contributed by atoms with Crippen molar-refractivity contribution in [3.63, 3.8) is 0 Å². The number of hydrogen-bond acceptors (Lipinski definition) is 5. The Morgan fingerprint density at radius 2 is 0.712 bits per heavy atom. The largest absolute Gasteiger partial charge is 0.466 e. The van der Waals surface area contributed by atoms with Gasteiger partial charge in [0, 0.05) is 12.8 Å². The Balaban J connectivity index is 3.35. The van der Waals surface area contributed by atoms with Crippen molar-refractivity contribution >= 4 is 11.9 Å². The molecule has 0 rings (SSSR count). The third-order valence-corrected chi connectivity index (χ3v) is 13.7. The standard InChI is InChI=1S/C60H115NO5/c1-3-5-7-9-11-13-14-30-34-38-42-46-50-54-60(65)66-55-51-47-43-39-35-32-29-27-25-23-21-19-17-15-16-18-20-22-24-26-28-31-33-37-41-45-49-53-59(64)61-57(56-62)58(63)52-48-44-40-36-12-10-8-6-4-2/h13-16,57-58,62-63H,3-12,17-56H2,1-2H3,(H,61,64)/b14-13-,16-15-. The van der Waals surface area contributed by atoms with E-state index < -0.39 is 12.1 Å². The SMILES string of the molecule is CCCCCC/C=C\CCCCCCCC(=O)OCCCCCCCCCCCCCC/C=C\CCCCCCCCCCCCCC(=O)NC(CO)C(O)CCCCCCCCCCC. The first-order valence-electron chi connectivity index (χ1n) is 29.6. The highest BCUT2D eigenvalue weighted by molar-refractivity contribution is 5.76. The number of unbranched alkanes of at least 4 members (excludes halogenated alkanes) is 40. The van der Waals surface area contributed by atoms with Crippen LogP contribution in [0.15, 0.2) is 24.3 Å². The summed E-state index contributed by atoms with van der Waals surface area (Å²) in [5.41, 5.74) is 0. The van der Waals surface area contributed by atoms with Crippen LogP contribution < -0.4 is 5.32 Å². The molecule has 2 atom stereocenters. The molecule has 0 aliphatic rings. The van der Waals surface area contributed by atoms with Gasteiger partial charge in [-0.3, -0.25) is 9.59 Å². The average Bonchev–Trinajstić information content (AvgIpc) is 3.32. The zero-order chi connectivity index (χ0) is 47.9. The van der Waals surface area contributed by atoms with Gasteiger partial charge in [0.25, 0.3) is 0 Å². The van der Waals surface area contributed by atoms with E-state index in [-0.39, 0.29) is 18.5 Å². The highest BCUT2D eigenvalue weighted by Gasteiger charge is 2.20. The van der Waals surface area contributed by atoms with Crippen LogP contribution in [0.3, 0.4) is 0 Å². The van der Waals surface area contributed by atoms with E-state index in [4.69, 9.17) is 4.74 Å². The van der Waals surface area contributed by atoms with Crippen LogP contribution in [0.4, 0.5) is 0 Å². The summed E-state index contributed by atoms with van der Waals surface area (Å²) in [4.78, 5) is 24.4. The second-order valence-corrected chi connectivity index (χ2v) is 20.3. The van der Waals surface area contributed by atoms with Crippen LogP contribution in [-0.2, 0) is 14.3 Å². The monoisotopic (exact) mass is 930 g/mol. The van der Waals surface area contributed by atoms with Crippen molar-refractivity contribution in [2.75, 3.05) is 13.2 Å². The number of ether oxygens (including phenoxy) is 1. The highest BCUT2D eigenvalue weighted by Crippen LogP contribution is 2.17. The molecule has 0 radical (unpaired) electrons. The van der Waals surface area contributed by atoms with E-state index in [1.165, 1.54) is 244 Å². The zero-order valence-electron chi connectivity index (χ0n) is 44.4. The van der Waals surface area contributed by atoms with Crippen LogP contribution in [0.1, 0.15) is 322 Å². The maximum Gasteiger partial charge on any atom is 0.305 e. The molecule has 0 aromatic heterocycles. The smallest absolute Gasteiger partial charge is 0.305 e. The van der Waals surface area contributed by atoms with Crippen LogP contribution in [0.25, 0.3) is 0 Å². The summed E-state index contributed by atoms with van der Waals surface area (Å²) < 4.78 is 5.47. The van der Waals surface area contributed by atoms with E-state index in [9.17, 15) is 19.8 Å². The Labute approximate surface area is 411 Å². The lowest BCUT2D eigenvalue weighted by Crippen LogP contribution is -2.45. The quantitative estimate of drug-likeness (QED) is 0.0321. The summed E-state index contributed by atoms with van der Waals surface area (Å²) in [5, 5.41) is 23.1. The summed E-state index contributed by atoms with van der Waals surface area (Å²) in [6.07, 6.45) is 67.7. The van der Waals surface area contributed by atoms with Crippen molar-refractivity contribution in [1.29, 1.82) is 0 Å². The Bertz CT molecular complexity index is 1030. The minimum absolute atomic E-state index is 0.00574. The molecule has 3 N–H and O–H groups in total. The van der Waals surface area contributed by atoms with Crippen LogP contribution in [0, 0.1) is 0 Å². The first kappa shape index (κ1) is 64.3. The van der Waals surface area contributed by atoms with E-state index in [2.05, 4.69) is 43.5 Å². The molecule has 0 aromatic carbocycles. The van der Waals surface area contributed by atoms with Gasteiger partial charge in [0.05, 0.1) is 25.4 Å². The van der Waals surface area contributed by atoms with Crippen molar-refractivity contribution < 1.29 is 24.5 Å². The van der Waals surface area contributed by atoms with Crippen LogP contribution in [0.2, 0.25) is 0 Å². The lowest BCUT2D eigenvalue weighted by molar-refractivity contribution is -0.143. The molecule has 0 aliphatic carbocycles. The predicted octanol–water partition coefficient (Wildman–Crippen LogP) is 18.2. The molecule has 0 bridgehead atoms. The number of esters is 1. The topological polar surface area (TPSA) is 95.9 Å². The molecule has 1 amide bonds. The summed E-state index contributed by atoms with van der Waals surface area (Å²) >= 11 is 0. The normalized spacial score (nSPS) is 12.7. The second-order valence-electron chi connectivity index (χ2n) is 20.3. The molecule has 0 aliphatic heterocycles. The van der Waals surface area contributed by atoms with Gasteiger partial charge in [-0.1, -0.05) is 256 Å². The summed E-state index contributed by atoms with van der Waals surface area (Å²) in [6.45, 7) is 4.92. The number of rotatable bonds is 55. The van der Waals surface area contributed by atoms with Gasteiger partial charge in [-0.15, -0.1) is 0 Å². The maximum absolute atomic E-state index is 12.4.